The van der Waals surface area contributed by atoms with Crippen LogP contribution in [-0.2, 0) is 19.1 Å². The third kappa shape index (κ3) is 10.1. The maximum absolute atomic E-state index is 10.8. The van der Waals surface area contributed by atoms with E-state index < -0.39 is 11.3 Å². The second-order valence-corrected chi connectivity index (χ2v) is 5.77. The number of hydrogen-bond donors (Lipinski definition) is 0. The first-order valence-corrected chi connectivity index (χ1v) is 8.22. The van der Waals surface area contributed by atoms with Crippen LogP contribution >= 0.6 is 23.2 Å². The number of ether oxygens (including phenoxy) is 1. The number of carbonyl (C=O) groups is 3. The van der Waals surface area contributed by atoms with E-state index in [9.17, 15) is 14.4 Å². The Hall–Kier alpha value is -1.39. The number of unbranched alkanes of at least 4 members (excludes halogenated alkanes) is 2. The van der Waals surface area contributed by atoms with E-state index in [4.69, 9.17) is 23.2 Å². The second-order valence-electron chi connectivity index (χ2n) is 5.03. The zero-order valence-electron chi connectivity index (χ0n) is 13.3. The van der Waals surface area contributed by atoms with Crippen LogP contribution in [-0.4, -0.2) is 17.0 Å². The zero-order chi connectivity index (χ0) is 17.7. The highest BCUT2D eigenvalue weighted by molar-refractivity contribution is 6.64. The molecule has 0 N–H and O–H groups in total. The van der Waals surface area contributed by atoms with Crippen molar-refractivity contribution in [1.82, 2.24) is 0 Å². The molecule has 1 rings (SSSR count). The van der Waals surface area contributed by atoms with Gasteiger partial charge in [-0.15, -0.1) is 0 Å². The Labute approximate surface area is 147 Å². The van der Waals surface area contributed by atoms with Crippen molar-refractivity contribution in [3.63, 3.8) is 0 Å². The molecule has 0 aliphatic heterocycles. The van der Waals surface area contributed by atoms with E-state index in [0.29, 0.717) is 5.56 Å². The molecule has 6 heteroatoms. The summed E-state index contributed by atoms with van der Waals surface area (Å²) < 4.78 is 4.53. The Morgan fingerprint density at radius 2 is 1.74 bits per heavy atom. The van der Waals surface area contributed by atoms with Crippen molar-refractivity contribution in [2.75, 3.05) is 0 Å². The van der Waals surface area contributed by atoms with Crippen LogP contribution in [0.5, 0.6) is 0 Å². The molecular weight excluding hydrogens is 339 g/mol. The molecule has 0 spiro atoms. The van der Waals surface area contributed by atoms with Gasteiger partial charge in [-0.3, -0.25) is 14.4 Å². The summed E-state index contributed by atoms with van der Waals surface area (Å²) in [5, 5.41) is -0.908. The van der Waals surface area contributed by atoms with Crippen molar-refractivity contribution in [3.05, 3.63) is 35.9 Å². The van der Waals surface area contributed by atoms with Crippen molar-refractivity contribution >= 4 is 40.2 Å². The zero-order valence-corrected chi connectivity index (χ0v) is 14.8. The van der Waals surface area contributed by atoms with E-state index in [2.05, 4.69) is 11.7 Å². The highest BCUT2D eigenvalue weighted by Crippen LogP contribution is 2.18. The average Bonchev–Trinajstić information content (AvgIpc) is 2.53. The Balaban J connectivity index is 0.000000438. The van der Waals surface area contributed by atoms with Crippen molar-refractivity contribution in [1.29, 1.82) is 0 Å². The molecule has 0 saturated carbocycles. The number of halogens is 2. The van der Waals surface area contributed by atoms with Gasteiger partial charge in [0, 0.05) is 11.5 Å². The molecule has 4 nitrogen and oxygen atoms in total. The predicted molar refractivity (Wildman–Crippen MR) is 91.4 cm³/mol. The summed E-state index contributed by atoms with van der Waals surface area (Å²) in [5.41, 5.74) is 0.564. The molecule has 23 heavy (non-hydrogen) atoms. The molecule has 1 aromatic carbocycles. The molecule has 0 amide bonds. The third-order valence-corrected chi connectivity index (χ3v) is 3.70. The van der Waals surface area contributed by atoms with Gasteiger partial charge in [0.2, 0.25) is 5.24 Å². The topological polar surface area (TPSA) is 60.4 Å². The molecule has 0 heterocycles. The Morgan fingerprint density at radius 1 is 1.13 bits per heavy atom. The first-order chi connectivity index (χ1) is 10.9. The predicted octanol–water partition coefficient (Wildman–Crippen LogP) is 4.63. The molecule has 0 fully saturated rings. The number of rotatable bonds is 9. The first kappa shape index (κ1) is 21.6. The first-order valence-electron chi connectivity index (χ1n) is 7.46. The fourth-order valence-corrected chi connectivity index (χ4v) is 2.05. The van der Waals surface area contributed by atoms with Crippen molar-refractivity contribution in [3.8, 4) is 0 Å². The van der Waals surface area contributed by atoms with Crippen LogP contribution in [0.3, 0.4) is 0 Å². The molecule has 0 bridgehead atoms. The van der Waals surface area contributed by atoms with Gasteiger partial charge in [0.1, 0.15) is 0 Å². The Morgan fingerprint density at radius 3 is 2.17 bits per heavy atom. The standard InChI is InChI=1S/C9H7ClO3.C8H15ClO/c10-9(12)8(13-6-11)7-4-2-1-3-5-7;1-3-4-5-6-7(2)8(9)10/h1-6,8H;7H,3-6H2,1-2H3. The molecule has 128 valence electrons. The van der Waals surface area contributed by atoms with Gasteiger partial charge in [-0.25, -0.2) is 0 Å². The van der Waals surface area contributed by atoms with Gasteiger partial charge in [-0.05, 0) is 29.6 Å². The summed E-state index contributed by atoms with van der Waals surface area (Å²) >= 11 is 10.5. The fraction of sp³-hybridized carbons (Fsp3) is 0.471. The van der Waals surface area contributed by atoms with Crippen molar-refractivity contribution < 1.29 is 19.1 Å². The minimum absolute atomic E-state index is 0.0493. The van der Waals surface area contributed by atoms with Gasteiger partial charge in [-0.1, -0.05) is 63.4 Å². The lowest BCUT2D eigenvalue weighted by atomic mass is 10.1. The normalized spacial score (nSPS) is 12.3. The van der Waals surface area contributed by atoms with Gasteiger partial charge in [-0.2, -0.15) is 0 Å². The summed E-state index contributed by atoms with van der Waals surface area (Å²) in [6, 6.07) is 8.58. The van der Waals surface area contributed by atoms with Crippen LogP contribution in [0, 0.1) is 5.92 Å². The molecule has 0 aromatic heterocycles. The minimum atomic E-state index is -1.000. The summed E-state index contributed by atoms with van der Waals surface area (Å²) in [7, 11) is 0. The summed E-state index contributed by atoms with van der Waals surface area (Å²) in [6.45, 7) is 4.23. The van der Waals surface area contributed by atoms with Gasteiger partial charge >= 0.3 is 0 Å². The molecule has 0 aliphatic carbocycles. The molecule has 2 unspecified atom stereocenters. The van der Waals surface area contributed by atoms with Gasteiger partial charge in [0.25, 0.3) is 11.7 Å². The van der Waals surface area contributed by atoms with E-state index in [-0.39, 0.29) is 17.6 Å². The maximum atomic E-state index is 10.8. The van der Waals surface area contributed by atoms with Crippen LogP contribution < -0.4 is 0 Å². The van der Waals surface area contributed by atoms with E-state index in [1.54, 1.807) is 30.3 Å². The summed E-state index contributed by atoms with van der Waals surface area (Å²) in [5.74, 6) is 0.0493. The maximum Gasteiger partial charge on any atom is 0.294 e. The molecule has 0 radical (unpaired) electrons. The fourth-order valence-electron chi connectivity index (χ4n) is 1.76. The van der Waals surface area contributed by atoms with Crippen LogP contribution in [0.25, 0.3) is 0 Å². The molecular formula is C17H22Cl2O4. The SMILES string of the molecule is CCCCCC(C)C(=O)Cl.O=COC(C(=O)Cl)c1ccccc1. The Bertz CT molecular complexity index is 477. The summed E-state index contributed by atoms with van der Waals surface area (Å²) in [6.07, 6.45) is 3.46. The van der Waals surface area contributed by atoms with E-state index >= 15 is 0 Å². The minimum Gasteiger partial charge on any atom is -0.450 e. The lowest BCUT2D eigenvalue weighted by Gasteiger charge is -2.09. The van der Waals surface area contributed by atoms with Crippen LogP contribution in [0.4, 0.5) is 0 Å². The molecule has 2 atom stereocenters. The van der Waals surface area contributed by atoms with Crippen molar-refractivity contribution in [2.24, 2.45) is 5.92 Å². The monoisotopic (exact) mass is 360 g/mol. The quantitative estimate of drug-likeness (QED) is 0.365. The second kappa shape index (κ2) is 13.1. The van der Waals surface area contributed by atoms with Crippen molar-refractivity contribution in [2.45, 2.75) is 45.6 Å². The summed E-state index contributed by atoms with van der Waals surface area (Å²) in [4.78, 5) is 31.4. The highest BCUT2D eigenvalue weighted by Gasteiger charge is 2.18. The average molecular weight is 361 g/mol. The van der Waals surface area contributed by atoms with E-state index in [1.165, 1.54) is 12.8 Å². The third-order valence-electron chi connectivity index (χ3n) is 3.13. The number of hydrogen-bond acceptors (Lipinski definition) is 4. The lowest BCUT2D eigenvalue weighted by Crippen LogP contribution is -2.09. The van der Waals surface area contributed by atoms with Crippen LogP contribution in [0.15, 0.2) is 30.3 Å². The smallest absolute Gasteiger partial charge is 0.294 e. The molecule has 1 aromatic rings. The largest absolute Gasteiger partial charge is 0.450 e. The van der Waals surface area contributed by atoms with Crippen LogP contribution in [0.1, 0.15) is 51.2 Å². The highest BCUT2D eigenvalue weighted by atomic mass is 35.5. The van der Waals surface area contributed by atoms with Gasteiger partial charge in [0.05, 0.1) is 0 Å². The molecule has 0 aliphatic rings. The van der Waals surface area contributed by atoms with Crippen LogP contribution in [0.2, 0.25) is 0 Å². The Kier molecular flexibility index (Phi) is 12.3. The molecule has 0 saturated heterocycles. The lowest BCUT2D eigenvalue weighted by molar-refractivity contribution is -0.140. The van der Waals surface area contributed by atoms with E-state index in [0.717, 1.165) is 12.8 Å². The van der Waals surface area contributed by atoms with E-state index in [1.807, 2.05) is 6.92 Å². The number of benzene rings is 1. The van der Waals surface area contributed by atoms with Gasteiger partial charge in [0.15, 0.2) is 6.10 Å². The van der Waals surface area contributed by atoms with Gasteiger partial charge < -0.3 is 4.74 Å². The number of carbonyl (C=O) groups excluding carboxylic acids is 3.